The Morgan fingerprint density at radius 1 is 1.20 bits per heavy atom. The maximum absolute atomic E-state index is 5.65. The lowest BCUT2D eigenvalue weighted by Crippen LogP contribution is -1.72. The molecule has 0 aliphatic heterocycles. The van der Waals surface area contributed by atoms with E-state index in [1.165, 1.54) is 5.56 Å². The predicted molar refractivity (Wildman–Crippen MR) is 52.6 cm³/mol. The van der Waals surface area contributed by atoms with Crippen LogP contribution in [0.3, 0.4) is 0 Å². The molecule has 0 radical (unpaired) electrons. The van der Waals surface area contributed by atoms with Crippen LogP contribution in [-0.4, -0.2) is 23.1 Å². The molecule has 3 heteroatoms. The van der Waals surface area contributed by atoms with Crippen LogP contribution in [0.25, 0.3) is 0 Å². The Hall–Kier alpha value is 0.756. The molecule has 0 amide bonds. The zero-order chi connectivity index (χ0) is 6.69. The molecule has 0 heterocycles. The molecular weight excluding hydrogens is 224 g/mol. The molecule has 0 saturated carbocycles. The third-order valence-corrected chi connectivity index (χ3v) is 1.97. The molecule has 0 aromatic heterocycles. The van der Waals surface area contributed by atoms with Crippen LogP contribution < -0.4 is 0 Å². The van der Waals surface area contributed by atoms with Crippen molar-refractivity contribution in [1.29, 1.82) is 0 Å². The lowest BCUT2D eigenvalue weighted by Gasteiger charge is -1.92. The second kappa shape index (κ2) is 5.41. The minimum absolute atomic E-state index is 0. The maximum atomic E-state index is 5.65. The molecule has 0 saturated heterocycles. The van der Waals surface area contributed by atoms with Gasteiger partial charge in [-0.25, -0.2) is 0 Å². The number of rotatable bonds is 1. The van der Waals surface area contributed by atoms with Gasteiger partial charge < -0.3 is 0 Å². The highest BCUT2D eigenvalue weighted by Gasteiger charge is 1.87. The summed E-state index contributed by atoms with van der Waals surface area (Å²) in [4.78, 5) is 0. The van der Waals surface area contributed by atoms with E-state index in [4.69, 9.17) is 11.6 Å². The van der Waals surface area contributed by atoms with Crippen LogP contribution in [0.1, 0.15) is 5.56 Å². The standard InChI is InChI=1S/C7H6BrCl.Mg.2H/c8-5-6-1-3-7(9)4-2-6;;;/h1-4H,5H2;;;. The van der Waals surface area contributed by atoms with Crippen LogP contribution >= 0.6 is 27.5 Å². The van der Waals surface area contributed by atoms with Crippen LogP contribution in [0, 0.1) is 0 Å². The van der Waals surface area contributed by atoms with E-state index in [0.717, 1.165) is 10.4 Å². The van der Waals surface area contributed by atoms with Crippen LogP contribution in [0.15, 0.2) is 24.3 Å². The van der Waals surface area contributed by atoms with Crippen LogP contribution in [0.4, 0.5) is 0 Å². The first kappa shape index (κ1) is 10.8. The third kappa shape index (κ3) is 3.24. The van der Waals surface area contributed by atoms with E-state index in [0.29, 0.717) is 0 Å². The van der Waals surface area contributed by atoms with Crippen molar-refractivity contribution in [2.24, 2.45) is 0 Å². The zero-order valence-electron chi connectivity index (χ0n) is 4.77. The second-order valence-corrected chi connectivity index (χ2v) is 2.76. The van der Waals surface area contributed by atoms with Gasteiger partial charge in [0.1, 0.15) is 0 Å². The fourth-order valence-electron chi connectivity index (χ4n) is 0.573. The highest BCUT2D eigenvalue weighted by atomic mass is 79.9. The molecule has 0 N–H and O–H groups in total. The largest absolute Gasteiger partial charge is 0.316 e. The summed E-state index contributed by atoms with van der Waals surface area (Å²) in [5, 5.41) is 1.68. The minimum Gasteiger partial charge on any atom is -0.0876 e. The number of hydrogen-bond acceptors (Lipinski definition) is 0. The first-order chi connectivity index (χ1) is 4.33. The van der Waals surface area contributed by atoms with Gasteiger partial charge in [-0.1, -0.05) is 39.7 Å². The molecule has 52 valence electrons. The molecule has 0 spiro atoms. The van der Waals surface area contributed by atoms with Crippen molar-refractivity contribution in [1.82, 2.24) is 0 Å². The Bertz CT molecular complexity index is 185. The van der Waals surface area contributed by atoms with Gasteiger partial charge in [-0.15, -0.1) is 0 Å². The SMILES string of the molecule is Clc1ccc(CBr)cc1.[MgH2]. The van der Waals surface area contributed by atoms with Gasteiger partial charge in [0.05, 0.1) is 0 Å². The molecule has 0 aliphatic rings. The van der Waals surface area contributed by atoms with Crippen LogP contribution in [-0.2, 0) is 5.33 Å². The van der Waals surface area contributed by atoms with Gasteiger partial charge in [0, 0.05) is 10.4 Å². The quantitative estimate of drug-likeness (QED) is 0.514. The van der Waals surface area contributed by atoms with Crippen molar-refractivity contribution in [3.63, 3.8) is 0 Å². The van der Waals surface area contributed by atoms with E-state index >= 15 is 0 Å². The van der Waals surface area contributed by atoms with Crippen LogP contribution in [0.2, 0.25) is 5.02 Å². The van der Waals surface area contributed by atoms with Gasteiger partial charge in [-0.3, -0.25) is 0 Å². The summed E-state index contributed by atoms with van der Waals surface area (Å²) in [5.74, 6) is 0. The van der Waals surface area contributed by atoms with Crippen molar-refractivity contribution in [2.45, 2.75) is 5.33 Å². The lowest BCUT2D eigenvalue weighted by molar-refractivity contribution is 1.44. The van der Waals surface area contributed by atoms with Gasteiger partial charge >= 0.3 is 23.1 Å². The summed E-state index contributed by atoms with van der Waals surface area (Å²) in [5.41, 5.74) is 1.25. The summed E-state index contributed by atoms with van der Waals surface area (Å²) >= 11 is 8.99. The van der Waals surface area contributed by atoms with Crippen molar-refractivity contribution >= 4 is 50.6 Å². The van der Waals surface area contributed by atoms with Crippen molar-refractivity contribution in [3.05, 3.63) is 34.9 Å². The predicted octanol–water partition coefficient (Wildman–Crippen LogP) is 2.32. The fourth-order valence-corrected chi connectivity index (χ4v) is 1.07. The van der Waals surface area contributed by atoms with Crippen molar-refractivity contribution < 1.29 is 0 Å². The van der Waals surface area contributed by atoms with E-state index < -0.39 is 0 Å². The summed E-state index contributed by atoms with van der Waals surface area (Å²) in [6.45, 7) is 0. The van der Waals surface area contributed by atoms with E-state index in [9.17, 15) is 0 Å². The van der Waals surface area contributed by atoms with E-state index in [1.54, 1.807) is 0 Å². The van der Waals surface area contributed by atoms with Gasteiger partial charge in [0.15, 0.2) is 0 Å². The number of benzene rings is 1. The summed E-state index contributed by atoms with van der Waals surface area (Å²) in [6.07, 6.45) is 0. The number of alkyl halides is 1. The smallest absolute Gasteiger partial charge is 0.0876 e. The highest BCUT2D eigenvalue weighted by molar-refractivity contribution is 9.08. The highest BCUT2D eigenvalue weighted by Crippen LogP contribution is 2.11. The maximum Gasteiger partial charge on any atom is 0.316 e. The average Bonchev–Trinajstić information content (AvgIpc) is 1.90. The summed E-state index contributed by atoms with van der Waals surface area (Å²) in [6, 6.07) is 7.77. The fraction of sp³-hybridized carbons (Fsp3) is 0.143. The molecule has 0 unspecified atom stereocenters. The topological polar surface area (TPSA) is 0 Å². The number of halogens is 2. The third-order valence-electron chi connectivity index (χ3n) is 1.07. The Kier molecular flexibility index (Phi) is 5.82. The second-order valence-electron chi connectivity index (χ2n) is 1.76. The molecule has 0 fully saturated rings. The molecule has 0 nitrogen and oxygen atoms in total. The first-order valence-corrected chi connectivity index (χ1v) is 4.13. The molecule has 1 rings (SSSR count). The lowest BCUT2D eigenvalue weighted by atomic mass is 10.2. The van der Waals surface area contributed by atoms with Gasteiger partial charge in [0.25, 0.3) is 0 Å². The zero-order valence-corrected chi connectivity index (χ0v) is 7.11. The van der Waals surface area contributed by atoms with E-state index in [2.05, 4.69) is 15.9 Å². The monoisotopic (exact) mass is 230 g/mol. The molecule has 10 heavy (non-hydrogen) atoms. The van der Waals surface area contributed by atoms with Gasteiger partial charge in [-0.2, -0.15) is 0 Å². The molecule has 0 bridgehead atoms. The molecule has 0 aliphatic carbocycles. The Morgan fingerprint density at radius 3 is 2.10 bits per heavy atom. The molecular formula is C7H8BrClMg. The minimum atomic E-state index is 0. The van der Waals surface area contributed by atoms with Crippen molar-refractivity contribution in [3.8, 4) is 0 Å². The molecule has 1 aromatic rings. The first-order valence-electron chi connectivity index (χ1n) is 2.63. The molecule has 0 atom stereocenters. The van der Waals surface area contributed by atoms with Crippen molar-refractivity contribution in [2.75, 3.05) is 0 Å². The Balaban J connectivity index is 0.000000810. The normalized spacial score (nSPS) is 8.60. The van der Waals surface area contributed by atoms with Gasteiger partial charge in [-0.05, 0) is 17.7 Å². The Labute approximate surface area is 90.2 Å². The van der Waals surface area contributed by atoms with Gasteiger partial charge in [0.2, 0.25) is 0 Å². The van der Waals surface area contributed by atoms with E-state index in [-0.39, 0.29) is 23.1 Å². The Morgan fingerprint density at radius 2 is 1.70 bits per heavy atom. The van der Waals surface area contributed by atoms with E-state index in [1.807, 2.05) is 24.3 Å². The number of hydrogen-bond donors (Lipinski definition) is 0. The van der Waals surface area contributed by atoms with Crippen LogP contribution in [0.5, 0.6) is 0 Å². The average molecular weight is 232 g/mol. The summed E-state index contributed by atoms with van der Waals surface area (Å²) < 4.78 is 0. The molecule has 1 aromatic carbocycles. The summed E-state index contributed by atoms with van der Waals surface area (Å²) in [7, 11) is 0.